The third kappa shape index (κ3) is 3.98. The normalized spacial score (nSPS) is 14.2. The number of hydrogen-bond donors (Lipinski definition) is 0. The van der Waals surface area contributed by atoms with Crippen LogP contribution in [0.4, 0.5) is 0 Å². The topological polar surface area (TPSA) is 25.2 Å². The molecule has 1 amide bonds. The molecule has 1 saturated heterocycles. The van der Waals surface area contributed by atoms with Gasteiger partial charge in [0, 0.05) is 31.6 Å². The summed E-state index contributed by atoms with van der Waals surface area (Å²) in [5, 5.41) is 1.68. The maximum absolute atomic E-state index is 10.8. The molecule has 86 valence electrons. The number of hydrogen-bond acceptors (Lipinski definition) is 2. The van der Waals surface area contributed by atoms with Gasteiger partial charge in [0.25, 0.3) is 0 Å². The summed E-state index contributed by atoms with van der Waals surface area (Å²) in [4.78, 5) is 10.8. The Morgan fingerprint density at radius 1 is 1.31 bits per heavy atom. The van der Waals surface area contributed by atoms with Crippen molar-refractivity contribution in [1.29, 1.82) is 0 Å². The SMILES string of the molecule is C=CSN1CCCC1=O.C=Cn1cccc1. The second-order valence-electron chi connectivity index (χ2n) is 3.18. The highest BCUT2D eigenvalue weighted by Crippen LogP contribution is 2.19. The van der Waals surface area contributed by atoms with Crippen molar-refractivity contribution in [1.82, 2.24) is 8.87 Å². The van der Waals surface area contributed by atoms with E-state index in [0.717, 1.165) is 13.0 Å². The van der Waals surface area contributed by atoms with Gasteiger partial charge in [0.15, 0.2) is 0 Å². The zero-order valence-electron chi connectivity index (χ0n) is 9.21. The summed E-state index contributed by atoms with van der Waals surface area (Å²) in [7, 11) is 0. The van der Waals surface area contributed by atoms with Crippen molar-refractivity contribution < 1.29 is 4.79 Å². The molecule has 0 saturated carbocycles. The molecule has 16 heavy (non-hydrogen) atoms. The summed E-state index contributed by atoms with van der Waals surface area (Å²) >= 11 is 1.39. The Morgan fingerprint density at radius 3 is 2.38 bits per heavy atom. The van der Waals surface area contributed by atoms with E-state index in [2.05, 4.69) is 13.2 Å². The van der Waals surface area contributed by atoms with E-state index in [-0.39, 0.29) is 5.91 Å². The van der Waals surface area contributed by atoms with Gasteiger partial charge in [-0.25, -0.2) is 0 Å². The average Bonchev–Trinajstić information content (AvgIpc) is 2.92. The van der Waals surface area contributed by atoms with Gasteiger partial charge >= 0.3 is 0 Å². The third-order valence-corrected chi connectivity index (χ3v) is 2.86. The molecule has 2 rings (SSSR count). The summed E-state index contributed by atoms with van der Waals surface area (Å²) in [5.41, 5.74) is 0. The van der Waals surface area contributed by atoms with E-state index >= 15 is 0 Å². The molecule has 0 aromatic carbocycles. The second-order valence-corrected chi connectivity index (χ2v) is 4.17. The van der Waals surface area contributed by atoms with E-state index in [9.17, 15) is 4.79 Å². The minimum absolute atomic E-state index is 0.236. The first kappa shape index (κ1) is 12.6. The van der Waals surface area contributed by atoms with Crippen LogP contribution in [-0.2, 0) is 4.79 Å². The Morgan fingerprint density at radius 2 is 2.00 bits per heavy atom. The largest absolute Gasteiger partial charge is 0.331 e. The molecular weight excluding hydrogens is 220 g/mol. The van der Waals surface area contributed by atoms with E-state index in [1.165, 1.54) is 11.9 Å². The predicted molar refractivity (Wildman–Crippen MR) is 69.6 cm³/mol. The van der Waals surface area contributed by atoms with Gasteiger partial charge in [-0.15, -0.1) is 0 Å². The van der Waals surface area contributed by atoms with Crippen molar-refractivity contribution in [2.45, 2.75) is 12.8 Å². The summed E-state index contributed by atoms with van der Waals surface area (Å²) in [6.07, 6.45) is 7.33. The standard InChI is InChI=1S/C6H9NOS.C6H7N/c1-2-9-7-5-3-4-6(7)8;1-2-7-5-3-4-6-7/h2H,1,3-5H2;2-6H,1H2. The van der Waals surface area contributed by atoms with Crippen LogP contribution < -0.4 is 0 Å². The monoisotopic (exact) mass is 236 g/mol. The molecule has 0 bridgehead atoms. The zero-order valence-corrected chi connectivity index (χ0v) is 10.0. The highest BCUT2D eigenvalue weighted by atomic mass is 32.2. The lowest BCUT2D eigenvalue weighted by atomic mass is 10.4. The fraction of sp³-hybridized carbons (Fsp3) is 0.250. The van der Waals surface area contributed by atoms with Gasteiger partial charge in [-0.05, 0) is 35.9 Å². The molecular formula is C12H16N2OS. The van der Waals surface area contributed by atoms with E-state index in [1.807, 2.05) is 29.1 Å². The maximum Gasteiger partial charge on any atom is 0.232 e. The van der Waals surface area contributed by atoms with Gasteiger partial charge in [0.2, 0.25) is 5.91 Å². The first-order chi connectivity index (χ1) is 7.77. The van der Waals surface area contributed by atoms with E-state index in [4.69, 9.17) is 0 Å². The lowest BCUT2D eigenvalue weighted by molar-refractivity contribution is -0.123. The van der Waals surface area contributed by atoms with Gasteiger partial charge < -0.3 is 4.57 Å². The number of carbonyl (C=O) groups excluding carboxylic acids is 1. The van der Waals surface area contributed by atoms with Crippen LogP contribution in [0.3, 0.4) is 0 Å². The van der Waals surface area contributed by atoms with Crippen molar-refractivity contribution in [3.05, 3.63) is 43.1 Å². The van der Waals surface area contributed by atoms with Crippen LogP contribution in [0.5, 0.6) is 0 Å². The van der Waals surface area contributed by atoms with E-state index in [0.29, 0.717) is 6.42 Å². The number of nitrogens with zero attached hydrogens (tertiary/aromatic N) is 2. The highest BCUT2D eigenvalue weighted by molar-refractivity contribution is 8.00. The van der Waals surface area contributed by atoms with Crippen LogP contribution in [0.1, 0.15) is 12.8 Å². The number of aromatic nitrogens is 1. The number of carbonyl (C=O) groups is 1. The molecule has 1 aliphatic heterocycles. The Kier molecular flexibility index (Phi) is 5.50. The lowest BCUT2D eigenvalue weighted by Gasteiger charge is -2.08. The summed E-state index contributed by atoms with van der Waals surface area (Å²) in [6, 6.07) is 3.92. The van der Waals surface area contributed by atoms with Crippen molar-refractivity contribution in [3.63, 3.8) is 0 Å². The molecule has 1 aromatic heterocycles. The van der Waals surface area contributed by atoms with Gasteiger partial charge in [0.1, 0.15) is 0 Å². The van der Waals surface area contributed by atoms with Crippen molar-refractivity contribution >= 4 is 24.1 Å². The zero-order chi connectivity index (χ0) is 11.8. The molecule has 1 fully saturated rings. The molecule has 2 heterocycles. The summed E-state index contributed by atoms with van der Waals surface area (Å²) in [5.74, 6) is 0.236. The van der Waals surface area contributed by atoms with Crippen LogP contribution in [0.15, 0.2) is 43.1 Å². The molecule has 0 unspecified atom stereocenters. The fourth-order valence-electron chi connectivity index (χ4n) is 1.29. The highest BCUT2D eigenvalue weighted by Gasteiger charge is 2.18. The Bertz CT molecular complexity index is 346. The molecule has 1 aliphatic rings. The quantitative estimate of drug-likeness (QED) is 0.754. The summed E-state index contributed by atoms with van der Waals surface area (Å²) < 4.78 is 3.63. The number of amides is 1. The lowest BCUT2D eigenvalue weighted by Crippen LogP contribution is -2.14. The van der Waals surface area contributed by atoms with Crippen LogP contribution in [0.25, 0.3) is 6.20 Å². The van der Waals surface area contributed by atoms with E-state index < -0.39 is 0 Å². The Balaban J connectivity index is 0.000000165. The first-order valence-electron chi connectivity index (χ1n) is 5.11. The predicted octanol–water partition coefficient (Wildman–Crippen LogP) is 2.99. The molecule has 0 spiro atoms. The maximum atomic E-state index is 10.8. The smallest absolute Gasteiger partial charge is 0.232 e. The van der Waals surface area contributed by atoms with Crippen molar-refractivity contribution in [2.75, 3.05) is 6.54 Å². The van der Waals surface area contributed by atoms with Gasteiger partial charge in [0.05, 0.1) is 0 Å². The van der Waals surface area contributed by atoms with Crippen LogP contribution in [0.2, 0.25) is 0 Å². The third-order valence-electron chi connectivity index (χ3n) is 2.07. The molecule has 3 nitrogen and oxygen atoms in total. The molecule has 0 N–H and O–H groups in total. The first-order valence-corrected chi connectivity index (χ1v) is 5.94. The van der Waals surface area contributed by atoms with E-state index in [1.54, 1.807) is 15.9 Å². The Labute approximate surface area is 101 Å². The molecule has 0 aliphatic carbocycles. The van der Waals surface area contributed by atoms with Gasteiger partial charge in [-0.2, -0.15) is 0 Å². The van der Waals surface area contributed by atoms with Crippen LogP contribution in [-0.4, -0.2) is 21.3 Å². The van der Waals surface area contributed by atoms with Gasteiger partial charge in [-0.3, -0.25) is 9.10 Å². The Hall–Kier alpha value is -1.42. The second kappa shape index (κ2) is 6.95. The van der Waals surface area contributed by atoms with Crippen molar-refractivity contribution in [2.24, 2.45) is 0 Å². The molecule has 0 radical (unpaired) electrons. The van der Waals surface area contributed by atoms with Crippen LogP contribution in [0, 0.1) is 0 Å². The minimum Gasteiger partial charge on any atom is -0.331 e. The van der Waals surface area contributed by atoms with Crippen LogP contribution >= 0.6 is 11.9 Å². The summed E-state index contributed by atoms with van der Waals surface area (Å²) in [6.45, 7) is 7.98. The fourth-order valence-corrected chi connectivity index (χ4v) is 1.92. The van der Waals surface area contributed by atoms with Crippen molar-refractivity contribution in [3.8, 4) is 0 Å². The number of rotatable bonds is 3. The average molecular weight is 236 g/mol. The minimum atomic E-state index is 0.236. The molecule has 4 heteroatoms. The molecule has 0 atom stereocenters. The van der Waals surface area contributed by atoms with Gasteiger partial charge in [-0.1, -0.05) is 13.2 Å². The molecule has 1 aromatic rings.